The molecule has 74 valence electrons. The van der Waals surface area contributed by atoms with Gasteiger partial charge in [-0.25, -0.2) is 4.39 Å². The Bertz CT molecular complexity index is 169. The molecule has 0 saturated carbocycles. The van der Waals surface area contributed by atoms with Gasteiger partial charge in [-0.2, -0.15) is 0 Å². The van der Waals surface area contributed by atoms with Crippen LogP contribution >= 0.6 is 30.8 Å². The second-order valence-electron chi connectivity index (χ2n) is 1.88. The summed E-state index contributed by atoms with van der Waals surface area (Å²) in [5, 5.41) is 0. The van der Waals surface area contributed by atoms with Gasteiger partial charge in [-0.3, -0.25) is 9.09 Å². The SMILES string of the molecule is COP(=O)(CCCl)OC(F)CCl. The van der Waals surface area contributed by atoms with Crippen molar-refractivity contribution in [1.29, 1.82) is 0 Å². The van der Waals surface area contributed by atoms with E-state index >= 15 is 0 Å². The first-order chi connectivity index (χ1) is 5.58. The molecule has 3 nitrogen and oxygen atoms in total. The van der Waals surface area contributed by atoms with Crippen LogP contribution in [-0.4, -0.2) is 31.4 Å². The average molecular weight is 239 g/mol. The van der Waals surface area contributed by atoms with Crippen molar-refractivity contribution in [3.63, 3.8) is 0 Å². The Morgan fingerprint density at radius 2 is 2.17 bits per heavy atom. The van der Waals surface area contributed by atoms with Gasteiger partial charge in [0.05, 0.1) is 12.0 Å². The monoisotopic (exact) mass is 238 g/mol. The van der Waals surface area contributed by atoms with Gasteiger partial charge in [0.2, 0.25) is 6.36 Å². The van der Waals surface area contributed by atoms with Gasteiger partial charge in [-0.05, 0) is 0 Å². The van der Waals surface area contributed by atoms with E-state index in [2.05, 4.69) is 9.05 Å². The first kappa shape index (κ1) is 12.7. The van der Waals surface area contributed by atoms with Gasteiger partial charge in [0.1, 0.15) is 0 Å². The molecule has 2 atom stereocenters. The van der Waals surface area contributed by atoms with Gasteiger partial charge in [-0.15, -0.1) is 23.2 Å². The molecule has 0 aromatic carbocycles. The predicted octanol–water partition coefficient (Wildman–Crippen LogP) is 2.62. The third-order valence-electron chi connectivity index (χ3n) is 1.03. The molecule has 7 heteroatoms. The van der Waals surface area contributed by atoms with Crippen LogP contribution in [0.1, 0.15) is 0 Å². The summed E-state index contributed by atoms with van der Waals surface area (Å²) < 4.78 is 32.7. The van der Waals surface area contributed by atoms with E-state index in [0.717, 1.165) is 0 Å². The molecule has 0 heterocycles. The molecule has 0 bridgehead atoms. The van der Waals surface area contributed by atoms with E-state index in [1.165, 1.54) is 7.11 Å². The van der Waals surface area contributed by atoms with Crippen molar-refractivity contribution in [3.05, 3.63) is 0 Å². The van der Waals surface area contributed by atoms with Crippen LogP contribution in [0.5, 0.6) is 0 Å². The lowest BCUT2D eigenvalue weighted by Crippen LogP contribution is -2.09. The van der Waals surface area contributed by atoms with Crippen molar-refractivity contribution < 1.29 is 18.0 Å². The zero-order chi connectivity index (χ0) is 9.61. The second kappa shape index (κ2) is 6.17. The fraction of sp³-hybridized carbons (Fsp3) is 1.00. The lowest BCUT2D eigenvalue weighted by Gasteiger charge is -2.16. The first-order valence-electron chi connectivity index (χ1n) is 3.17. The highest BCUT2D eigenvalue weighted by Gasteiger charge is 2.26. The molecule has 2 unspecified atom stereocenters. The maximum absolute atomic E-state index is 12.5. The summed E-state index contributed by atoms with van der Waals surface area (Å²) >= 11 is 10.4. The Kier molecular flexibility index (Phi) is 6.50. The van der Waals surface area contributed by atoms with Gasteiger partial charge in [0.15, 0.2) is 0 Å². The highest BCUT2D eigenvalue weighted by Crippen LogP contribution is 2.48. The van der Waals surface area contributed by atoms with E-state index < -0.39 is 14.0 Å². The van der Waals surface area contributed by atoms with Gasteiger partial charge in [0, 0.05) is 13.0 Å². The molecule has 0 N–H and O–H groups in total. The largest absolute Gasteiger partial charge is 0.334 e. The quantitative estimate of drug-likeness (QED) is 0.527. The van der Waals surface area contributed by atoms with Gasteiger partial charge < -0.3 is 4.52 Å². The van der Waals surface area contributed by atoms with Crippen molar-refractivity contribution in [1.82, 2.24) is 0 Å². The molecule has 0 rings (SSSR count). The van der Waals surface area contributed by atoms with Crippen LogP contribution in [0.2, 0.25) is 0 Å². The van der Waals surface area contributed by atoms with Crippen molar-refractivity contribution in [3.8, 4) is 0 Å². The molecular weight excluding hydrogens is 229 g/mol. The molecular formula is C5H10Cl2FO3P. The molecule has 0 spiro atoms. The van der Waals surface area contributed by atoms with Gasteiger partial charge in [0.25, 0.3) is 0 Å². The highest BCUT2D eigenvalue weighted by molar-refractivity contribution is 7.53. The minimum absolute atomic E-state index is 0.0254. The Balaban J connectivity index is 4.04. The Morgan fingerprint density at radius 1 is 1.58 bits per heavy atom. The number of halogens is 3. The van der Waals surface area contributed by atoms with Crippen LogP contribution in [-0.2, 0) is 13.6 Å². The van der Waals surface area contributed by atoms with E-state index in [9.17, 15) is 8.96 Å². The zero-order valence-electron chi connectivity index (χ0n) is 6.50. The third-order valence-corrected chi connectivity index (χ3v) is 3.61. The summed E-state index contributed by atoms with van der Waals surface area (Å²) in [6, 6.07) is 0. The van der Waals surface area contributed by atoms with Gasteiger partial charge >= 0.3 is 7.60 Å². The Labute approximate surface area is 80.7 Å². The Hall–Kier alpha value is 0.660. The van der Waals surface area contributed by atoms with E-state index in [4.69, 9.17) is 23.2 Å². The lowest BCUT2D eigenvalue weighted by molar-refractivity contribution is 0.0708. The number of hydrogen-bond donors (Lipinski definition) is 0. The van der Waals surface area contributed by atoms with Crippen molar-refractivity contribution in [2.24, 2.45) is 0 Å². The minimum Gasteiger partial charge on any atom is -0.312 e. The molecule has 0 saturated heterocycles. The maximum atomic E-state index is 12.5. The Morgan fingerprint density at radius 3 is 2.50 bits per heavy atom. The van der Waals surface area contributed by atoms with E-state index in [1.54, 1.807) is 0 Å². The zero-order valence-corrected chi connectivity index (χ0v) is 8.91. The molecule has 12 heavy (non-hydrogen) atoms. The summed E-state index contributed by atoms with van der Waals surface area (Å²) in [5.74, 6) is -0.296. The lowest BCUT2D eigenvalue weighted by atomic mass is 10.8. The summed E-state index contributed by atoms with van der Waals surface area (Å²) in [6.45, 7) is 0. The molecule has 0 aliphatic heterocycles. The van der Waals surface area contributed by atoms with Crippen LogP contribution in [0.3, 0.4) is 0 Å². The second-order valence-corrected chi connectivity index (χ2v) is 4.81. The minimum atomic E-state index is -3.36. The van der Waals surface area contributed by atoms with E-state index in [1.807, 2.05) is 0 Å². The topological polar surface area (TPSA) is 35.5 Å². The van der Waals surface area contributed by atoms with Crippen molar-refractivity contribution in [2.45, 2.75) is 6.36 Å². The number of hydrogen-bond acceptors (Lipinski definition) is 3. The summed E-state index contributed by atoms with van der Waals surface area (Å²) in [5.41, 5.74) is 0. The maximum Gasteiger partial charge on any atom is 0.334 e. The summed E-state index contributed by atoms with van der Waals surface area (Å²) in [4.78, 5) is 0. The molecule has 0 aromatic heterocycles. The van der Waals surface area contributed by atoms with E-state index in [0.29, 0.717) is 0 Å². The fourth-order valence-corrected chi connectivity index (χ4v) is 2.27. The van der Waals surface area contributed by atoms with Gasteiger partial charge in [-0.1, -0.05) is 0 Å². The third kappa shape index (κ3) is 4.63. The predicted molar refractivity (Wildman–Crippen MR) is 46.9 cm³/mol. The van der Waals surface area contributed by atoms with Crippen LogP contribution < -0.4 is 0 Å². The smallest absolute Gasteiger partial charge is 0.312 e. The van der Waals surface area contributed by atoms with Crippen molar-refractivity contribution in [2.75, 3.05) is 25.0 Å². The average Bonchev–Trinajstić information content (AvgIpc) is 2.05. The molecule has 0 aliphatic carbocycles. The standard InChI is InChI=1S/C5H10Cl2FO3P/c1-10-12(9,3-2-6)11-5(8)4-7/h5H,2-4H2,1H3. The molecule has 0 aliphatic rings. The summed E-state index contributed by atoms with van der Waals surface area (Å²) in [6.07, 6.45) is -1.80. The molecule has 0 aromatic rings. The first-order valence-corrected chi connectivity index (χ1v) is 5.97. The molecule has 0 radical (unpaired) electrons. The highest BCUT2D eigenvalue weighted by atomic mass is 35.5. The van der Waals surface area contributed by atoms with Crippen LogP contribution in [0.15, 0.2) is 0 Å². The number of alkyl halides is 3. The fourth-order valence-electron chi connectivity index (χ4n) is 0.493. The van der Waals surface area contributed by atoms with Crippen LogP contribution in [0, 0.1) is 0 Å². The normalized spacial score (nSPS) is 18.7. The van der Waals surface area contributed by atoms with Crippen LogP contribution in [0.4, 0.5) is 4.39 Å². The molecule has 0 fully saturated rings. The van der Waals surface area contributed by atoms with Crippen LogP contribution in [0.25, 0.3) is 0 Å². The van der Waals surface area contributed by atoms with Crippen molar-refractivity contribution >= 4 is 30.8 Å². The summed E-state index contributed by atoms with van der Waals surface area (Å²) in [7, 11) is -2.19. The number of rotatable bonds is 6. The van der Waals surface area contributed by atoms with E-state index in [-0.39, 0.29) is 17.9 Å². The molecule has 0 amide bonds.